The lowest BCUT2D eigenvalue weighted by molar-refractivity contribution is -0.384. The van der Waals surface area contributed by atoms with E-state index < -0.39 is 16.8 Å². The second kappa shape index (κ2) is 8.59. The van der Waals surface area contributed by atoms with Crippen LogP contribution in [0.2, 0.25) is 5.02 Å². The van der Waals surface area contributed by atoms with Gasteiger partial charge in [0.1, 0.15) is 0 Å². The summed E-state index contributed by atoms with van der Waals surface area (Å²) >= 11 is 6.38. The summed E-state index contributed by atoms with van der Waals surface area (Å²) in [4.78, 5) is 36.7. The SMILES string of the molecule is COC(=O)C1=C(C)NC2=C(C(=O)CC(c3ccccc3Cl)C2)C1c1ccc([N+](=O)[O-])cc1. The lowest BCUT2D eigenvalue weighted by Gasteiger charge is -2.36. The predicted molar refractivity (Wildman–Crippen MR) is 119 cm³/mol. The number of rotatable bonds is 4. The Morgan fingerprint density at radius 3 is 2.47 bits per heavy atom. The van der Waals surface area contributed by atoms with E-state index in [2.05, 4.69) is 5.32 Å². The fraction of sp³-hybridized carbons (Fsp3) is 0.250. The molecule has 0 spiro atoms. The summed E-state index contributed by atoms with van der Waals surface area (Å²) < 4.78 is 5.00. The van der Waals surface area contributed by atoms with Crippen LogP contribution < -0.4 is 5.32 Å². The molecule has 0 amide bonds. The van der Waals surface area contributed by atoms with Crippen molar-refractivity contribution in [3.63, 3.8) is 0 Å². The molecule has 164 valence electrons. The molecule has 4 rings (SSSR count). The monoisotopic (exact) mass is 452 g/mol. The zero-order chi connectivity index (χ0) is 23.0. The van der Waals surface area contributed by atoms with E-state index in [9.17, 15) is 19.7 Å². The lowest BCUT2D eigenvalue weighted by Crippen LogP contribution is -2.36. The quantitative estimate of drug-likeness (QED) is 0.407. The molecular formula is C24H21ClN2O5. The van der Waals surface area contributed by atoms with Crippen LogP contribution in [-0.4, -0.2) is 23.8 Å². The van der Waals surface area contributed by atoms with E-state index in [1.165, 1.54) is 19.2 Å². The van der Waals surface area contributed by atoms with Gasteiger partial charge in [0.15, 0.2) is 5.78 Å². The highest BCUT2D eigenvalue weighted by Gasteiger charge is 2.41. The number of carbonyl (C=O) groups is 2. The number of carbonyl (C=O) groups excluding carboxylic acids is 2. The normalized spacial score (nSPS) is 20.5. The molecule has 2 aromatic carbocycles. The van der Waals surface area contributed by atoms with Crippen molar-refractivity contribution in [3.05, 3.63) is 97.3 Å². The van der Waals surface area contributed by atoms with Gasteiger partial charge in [0, 0.05) is 46.5 Å². The molecule has 0 radical (unpaired) electrons. The maximum absolute atomic E-state index is 13.4. The average molecular weight is 453 g/mol. The fourth-order valence-electron chi connectivity index (χ4n) is 4.57. The summed E-state index contributed by atoms with van der Waals surface area (Å²) in [6, 6.07) is 13.4. The molecule has 0 saturated heterocycles. The minimum Gasteiger partial charge on any atom is -0.466 e. The van der Waals surface area contributed by atoms with Gasteiger partial charge in [-0.25, -0.2) is 4.79 Å². The van der Waals surface area contributed by atoms with E-state index in [4.69, 9.17) is 16.3 Å². The van der Waals surface area contributed by atoms with Crippen LogP contribution in [0.4, 0.5) is 5.69 Å². The molecule has 1 heterocycles. The maximum Gasteiger partial charge on any atom is 0.336 e. The standard InChI is InChI=1S/C24H21ClN2O5/c1-13-21(24(29)32-2)22(14-7-9-16(10-8-14)27(30)31)23-19(26-13)11-15(12-20(23)28)17-5-3-4-6-18(17)25/h3-10,15,22,26H,11-12H2,1-2H3. The van der Waals surface area contributed by atoms with Gasteiger partial charge >= 0.3 is 5.97 Å². The second-order valence-corrected chi connectivity index (χ2v) is 8.29. The first-order valence-corrected chi connectivity index (χ1v) is 10.5. The van der Waals surface area contributed by atoms with Gasteiger partial charge in [-0.2, -0.15) is 0 Å². The topological polar surface area (TPSA) is 98.5 Å². The largest absolute Gasteiger partial charge is 0.466 e. The maximum atomic E-state index is 13.4. The number of nitro benzene ring substituents is 1. The average Bonchev–Trinajstić information content (AvgIpc) is 2.78. The summed E-state index contributed by atoms with van der Waals surface area (Å²) in [5.41, 5.74) is 3.60. The minimum atomic E-state index is -0.667. The van der Waals surface area contributed by atoms with Crippen LogP contribution in [0.25, 0.3) is 0 Å². The van der Waals surface area contributed by atoms with Crippen molar-refractivity contribution in [2.24, 2.45) is 0 Å². The number of halogens is 1. The van der Waals surface area contributed by atoms with Crippen LogP contribution in [0.1, 0.15) is 42.7 Å². The molecule has 7 nitrogen and oxygen atoms in total. The summed E-state index contributed by atoms with van der Waals surface area (Å²) in [7, 11) is 1.29. The number of dihydropyridines is 1. The van der Waals surface area contributed by atoms with Crippen molar-refractivity contribution < 1.29 is 19.2 Å². The van der Waals surface area contributed by atoms with Gasteiger partial charge in [-0.3, -0.25) is 14.9 Å². The Bertz CT molecular complexity index is 1180. The Kier molecular flexibility index (Phi) is 5.84. The number of ketones is 1. The highest BCUT2D eigenvalue weighted by atomic mass is 35.5. The van der Waals surface area contributed by atoms with Gasteiger partial charge in [-0.1, -0.05) is 41.9 Å². The number of hydrogen-bond donors (Lipinski definition) is 1. The number of nitrogens with one attached hydrogen (secondary N) is 1. The number of hydrogen-bond acceptors (Lipinski definition) is 6. The molecule has 1 aliphatic heterocycles. The van der Waals surface area contributed by atoms with E-state index >= 15 is 0 Å². The number of non-ortho nitro benzene ring substituents is 1. The Balaban J connectivity index is 1.81. The van der Waals surface area contributed by atoms with Crippen molar-refractivity contribution in [2.45, 2.75) is 31.6 Å². The molecule has 2 aliphatic rings. The zero-order valence-corrected chi connectivity index (χ0v) is 18.3. The highest BCUT2D eigenvalue weighted by Crippen LogP contribution is 2.46. The molecule has 2 atom stereocenters. The predicted octanol–water partition coefficient (Wildman–Crippen LogP) is 4.78. The minimum absolute atomic E-state index is 0.0639. The molecule has 0 bridgehead atoms. The Morgan fingerprint density at radius 1 is 1.16 bits per heavy atom. The Hall–Kier alpha value is -3.45. The van der Waals surface area contributed by atoms with Crippen LogP contribution in [0.5, 0.6) is 0 Å². The highest BCUT2D eigenvalue weighted by molar-refractivity contribution is 6.31. The number of methoxy groups -OCH3 is 1. The van der Waals surface area contributed by atoms with Gasteiger partial charge in [0.2, 0.25) is 0 Å². The van der Waals surface area contributed by atoms with Crippen LogP contribution in [0.3, 0.4) is 0 Å². The van der Waals surface area contributed by atoms with Crippen LogP contribution >= 0.6 is 11.6 Å². The van der Waals surface area contributed by atoms with E-state index in [0.29, 0.717) is 33.9 Å². The smallest absolute Gasteiger partial charge is 0.336 e. The summed E-state index contributed by atoms with van der Waals surface area (Å²) in [6.45, 7) is 1.76. The number of Topliss-reactive ketones (excluding diaryl/α,β-unsaturated/α-hetero) is 1. The van der Waals surface area contributed by atoms with Gasteiger partial charge in [-0.15, -0.1) is 0 Å². The van der Waals surface area contributed by atoms with Crippen molar-refractivity contribution in [3.8, 4) is 0 Å². The molecule has 1 aliphatic carbocycles. The van der Waals surface area contributed by atoms with Crippen molar-refractivity contribution in [1.29, 1.82) is 0 Å². The fourth-order valence-corrected chi connectivity index (χ4v) is 4.86. The number of ether oxygens (including phenoxy) is 1. The summed E-state index contributed by atoms with van der Waals surface area (Å²) in [6.07, 6.45) is 0.807. The van der Waals surface area contributed by atoms with E-state index in [1.807, 2.05) is 18.2 Å². The van der Waals surface area contributed by atoms with E-state index in [0.717, 1.165) is 11.3 Å². The van der Waals surface area contributed by atoms with Gasteiger partial charge in [0.25, 0.3) is 5.69 Å². The number of esters is 1. The van der Waals surface area contributed by atoms with Gasteiger partial charge < -0.3 is 10.1 Å². The van der Waals surface area contributed by atoms with E-state index in [-0.39, 0.29) is 23.8 Å². The summed E-state index contributed by atoms with van der Waals surface area (Å²) in [5, 5.41) is 14.9. The Morgan fingerprint density at radius 2 is 1.84 bits per heavy atom. The third kappa shape index (κ3) is 3.80. The molecule has 2 aromatic rings. The molecule has 2 unspecified atom stereocenters. The number of nitrogens with zero attached hydrogens (tertiary/aromatic N) is 1. The molecule has 0 aromatic heterocycles. The molecule has 32 heavy (non-hydrogen) atoms. The Labute approximate surface area is 189 Å². The summed E-state index contributed by atoms with van der Waals surface area (Å²) in [5.74, 6) is -1.40. The van der Waals surface area contributed by atoms with Gasteiger partial charge in [0.05, 0.1) is 17.6 Å². The lowest BCUT2D eigenvalue weighted by atomic mass is 9.71. The van der Waals surface area contributed by atoms with Crippen LogP contribution in [0.15, 0.2) is 71.1 Å². The van der Waals surface area contributed by atoms with E-state index in [1.54, 1.807) is 25.1 Å². The van der Waals surface area contributed by atoms with Crippen molar-refractivity contribution in [1.82, 2.24) is 5.32 Å². The first-order chi connectivity index (χ1) is 15.3. The molecule has 8 heteroatoms. The third-order valence-electron chi connectivity index (χ3n) is 6.02. The first kappa shape index (κ1) is 21.8. The zero-order valence-electron chi connectivity index (χ0n) is 17.6. The number of allylic oxidation sites excluding steroid dienone is 3. The number of nitro groups is 1. The van der Waals surface area contributed by atoms with Crippen molar-refractivity contribution >= 4 is 29.0 Å². The third-order valence-corrected chi connectivity index (χ3v) is 6.36. The second-order valence-electron chi connectivity index (χ2n) is 7.88. The molecule has 0 fully saturated rings. The van der Waals surface area contributed by atoms with Crippen molar-refractivity contribution in [2.75, 3.05) is 7.11 Å². The number of benzene rings is 2. The molecule has 1 N–H and O–H groups in total. The molecular weight excluding hydrogens is 432 g/mol. The van der Waals surface area contributed by atoms with Crippen LogP contribution in [-0.2, 0) is 14.3 Å². The van der Waals surface area contributed by atoms with Gasteiger partial charge in [-0.05, 0) is 36.5 Å². The molecule has 0 saturated carbocycles. The first-order valence-electron chi connectivity index (χ1n) is 10.1. The van der Waals surface area contributed by atoms with Crippen LogP contribution in [0, 0.1) is 10.1 Å².